The molecule has 5 rings (SSSR count). The van der Waals surface area contributed by atoms with Gasteiger partial charge in [0, 0.05) is 18.3 Å². The molecule has 1 heteroatoms. The van der Waals surface area contributed by atoms with Gasteiger partial charge in [-0.15, -0.1) is 0 Å². The highest BCUT2D eigenvalue weighted by Gasteiger charge is 2.66. The Balaban J connectivity index is 1.59. The second kappa shape index (κ2) is 3.44. The second-order valence-corrected chi connectivity index (χ2v) is 7.36. The molecule has 0 amide bonds. The van der Waals surface area contributed by atoms with Crippen molar-refractivity contribution in [2.75, 3.05) is 0 Å². The molecule has 1 nitrogen and oxygen atoms in total. The lowest BCUT2D eigenvalue weighted by Gasteiger charge is -2.33. The van der Waals surface area contributed by atoms with Gasteiger partial charge in [-0.05, 0) is 42.7 Å². The van der Waals surface area contributed by atoms with E-state index < -0.39 is 0 Å². The molecule has 19 heavy (non-hydrogen) atoms. The molecule has 1 aromatic rings. The van der Waals surface area contributed by atoms with Crippen LogP contribution in [0.15, 0.2) is 24.3 Å². The summed E-state index contributed by atoms with van der Waals surface area (Å²) < 4.78 is 6.77. The summed E-state index contributed by atoms with van der Waals surface area (Å²) in [7, 11) is 0. The Morgan fingerprint density at radius 2 is 1.63 bits per heavy atom. The molecule has 0 radical (unpaired) electrons. The minimum absolute atomic E-state index is 0.186. The van der Waals surface area contributed by atoms with Crippen LogP contribution in [0.2, 0.25) is 0 Å². The van der Waals surface area contributed by atoms with Crippen LogP contribution in [-0.2, 0) is 17.6 Å². The SMILES string of the molecule is c1ccc2c(c1)CC1(C2)O[C@@H]2CCC[C@@]23CCC[C@@H]13. The van der Waals surface area contributed by atoms with E-state index in [4.69, 9.17) is 4.74 Å². The van der Waals surface area contributed by atoms with Crippen LogP contribution < -0.4 is 0 Å². The van der Waals surface area contributed by atoms with E-state index in [1.54, 1.807) is 11.1 Å². The van der Waals surface area contributed by atoms with Crippen LogP contribution in [0.4, 0.5) is 0 Å². The maximum Gasteiger partial charge on any atom is 0.0801 e. The summed E-state index contributed by atoms with van der Waals surface area (Å²) >= 11 is 0. The monoisotopic (exact) mass is 254 g/mol. The predicted octanol–water partition coefficient (Wildman–Crippen LogP) is 3.89. The van der Waals surface area contributed by atoms with Gasteiger partial charge in [0.15, 0.2) is 0 Å². The molecule has 1 saturated heterocycles. The summed E-state index contributed by atoms with van der Waals surface area (Å²) in [6, 6.07) is 9.03. The fourth-order valence-electron chi connectivity index (χ4n) is 6.11. The summed E-state index contributed by atoms with van der Waals surface area (Å²) in [4.78, 5) is 0. The average molecular weight is 254 g/mol. The fourth-order valence-corrected chi connectivity index (χ4v) is 6.11. The molecule has 2 saturated carbocycles. The smallest absolute Gasteiger partial charge is 0.0801 e. The Labute approximate surface area is 115 Å². The van der Waals surface area contributed by atoms with Crippen LogP contribution >= 0.6 is 0 Å². The Bertz CT molecular complexity index is 505. The molecule has 3 atom stereocenters. The molecule has 3 fully saturated rings. The Morgan fingerprint density at radius 1 is 0.947 bits per heavy atom. The van der Waals surface area contributed by atoms with Crippen molar-refractivity contribution in [1.82, 2.24) is 0 Å². The van der Waals surface area contributed by atoms with E-state index in [1.807, 2.05) is 0 Å². The minimum atomic E-state index is 0.186. The van der Waals surface area contributed by atoms with E-state index in [0.717, 1.165) is 5.92 Å². The Kier molecular flexibility index (Phi) is 1.97. The zero-order chi connectivity index (χ0) is 12.5. The van der Waals surface area contributed by atoms with Gasteiger partial charge in [0.2, 0.25) is 0 Å². The van der Waals surface area contributed by atoms with Gasteiger partial charge in [-0.1, -0.05) is 37.1 Å². The number of ether oxygens (including phenoxy) is 1. The highest BCUT2D eigenvalue weighted by molar-refractivity contribution is 5.38. The quantitative estimate of drug-likeness (QED) is 0.682. The van der Waals surface area contributed by atoms with Crippen LogP contribution in [0, 0.1) is 11.3 Å². The van der Waals surface area contributed by atoms with Gasteiger partial charge in [-0.3, -0.25) is 0 Å². The summed E-state index contributed by atoms with van der Waals surface area (Å²) in [5, 5.41) is 0. The largest absolute Gasteiger partial charge is 0.370 e. The standard InChI is InChI=1S/C18H22O/c1-2-6-14-12-18(11-13(14)5-1)15-7-3-9-17(15)10-4-8-16(17)19-18/h1-2,5-6,15-16H,3-4,7-12H2/t15-,16-,17-/m1/s1. The lowest BCUT2D eigenvalue weighted by Crippen LogP contribution is -2.39. The molecule has 4 aliphatic rings. The summed E-state index contributed by atoms with van der Waals surface area (Å²) in [5.74, 6) is 0.847. The summed E-state index contributed by atoms with van der Waals surface area (Å²) in [5.41, 5.74) is 3.89. The number of fused-ring (bicyclic) bond motifs is 2. The lowest BCUT2D eigenvalue weighted by molar-refractivity contribution is -0.0570. The molecule has 1 heterocycles. The molecule has 0 unspecified atom stereocenters. The van der Waals surface area contributed by atoms with Crippen molar-refractivity contribution in [3.05, 3.63) is 35.4 Å². The lowest BCUT2D eigenvalue weighted by atomic mass is 9.69. The summed E-state index contributed by atoms with van der Waals surface area (Å²) in [6.45, 7) is 0. The Hall–Kier alpha value is -0.820. The molecule has 1 aliphatic heterocycles. The highest BCUT2D eigenvalue weighted by Crippen LogP contribution is 2.66. The maximum absolute atomic E-state index is 6.77. The van der Waals surface area contributed by atoms with Crippen molar-refractivity contribution in [2.45, 2.75) is 63.1 Å². The molecule has 1 aromatic carbocycles. The van der Waals surface area contributed by atoms with Gasteiger partial charge in [-0.25, -0.2) is 0 Å². The minimum Gasteiger partial charge on any atom is -0.370 e. The topological polar surface area (TPSA) is 9.23 Å². The molecular weight excluding hydrogens is 232 g/mol. The molecule has 100 valence electrons. The third kappa shape index (κ3) is 1.21. The van der Waals surface area contributed by atoms with Gasteiger partial charge in [0.25, 0.3) is 0 Å². The highest BCUT2D eigenvalue weighted by atomic mass is 16.5. The molecular formula is C18H22O. The van der Waals surface area contributed by atoms with E-state index in [-0.39, 0.29) is 5.60 Å². The van der Waals surface area contributed by atoms with Crippen molar-refractivity contribution < 1.29 is 4.74 Å². The fraction of sp³-hybridized carbons (Fsp3) is 0.667. The van der Waals surface area contributed by atoms with Gasteiger partial charge < -0.3 is 4.74 Å². The van der Waals surface area contributed by atoms with E-state index in [9.17, 15) is 0 Å². The first-order chi connectivity index (χ1) is 9.32. The summed E-state index contributed by atoms with van der Waals surface area (Å²) in [6.07, 6.45) is 11.5. The van der Waals surface area contributed by atoms with Gasteiger partial charge in [0.05, 0.1) is 11.7 Å². The number of hydrogen-bond acceptors (Lipinski definition) is 1. The van der Waals surface area contributed by atoms with E-state index in [0.29, 0.717) is 11.5 Å². The average Bonchev–Trinajstić information content (AvgIpc) is 3.11. The van der Waals surface area contributed by atoms with E-state index in [2.05, 4.69) is 24.3 Å². The van der Waals surface area contributed by atoms with Crippen molar-refractivity contribution in [3.8, 4) is 0 Å². The molecule has 0 N–H and O–H groups in total. The Morgan fingerprint density at radius 3 is 2.37 bits per heavy atom. The van der Waals surface area contributed by atoms with E-state index >= 15 is 0 Å². The molecule has 0 aromatic heterocycles. The van der Waals surface area contributed by atoms with Crippen LogP contribution in [-0.4, -0.2) is 11.7 Å². The van der Waals surface area contributed by atoms with Crippen LogP contribution in [0.3, 0.4) is 0 Å². The van der Waals surface area contributed by atoms with Gasteiger partial charge in [-0.2, -0.15) is 0 Å². The zero-order valence-corrected chi connectivity index (χ0v) is 11.5. The second-order valence-electron chi connectivity index (χ2n) is 7.36. The van der Waals surface area contributed by atoms with Gasteiger partial charge in [0.1, 0.15) is 0 Å². The van der Waals surface area contributed by atoms with Crippen molar-refractivity contribution >= 4 is 0 Å². The molecule has 3 aliphatic carbocycles. The van der Waals surface area contributed by atoms with Crippen LogP contribution in [0.1, 0.15) is 49.7 Å². The first kappa shape index (κ1) is 10.9. The van der Waals surface area contributed by atoms with Crippen molar-refractivity contribution in [3.63, 3.8) is 0 Å². The zero-order valence-electron chi connectivity index (χ0n) is 11.5. The number of benzene rings is 1. The van der Waals surface area contributed by atoms with Crippen molar-refractivity contribution in [2.24, 2.45) is 11.3 Å². The van der Waals surface area contributed by atoms with Crippen LogP contribution in [0.25, 0.3) is 0 Å². The molecule has 2 spiro atoms. The van der Waals surface area contributed by atoms with Crippen molar-refractivity contribution in [1.29, 1.82) is 0 Å². The predicted molar refractivity (Wildman–Crippen MR) is 75.1 cm³/mol. The first-order valence-electron chi connectivity index (χ1n) is 8.07. The number of hydrogen-bond donors (Lipinski definition) is 0. The third-order valence-corrected chi connectivity index (χ3v) is 6.69. The van der Waals surface area contributed by atoms with Crippen LogP contribution in [0.5, 0.6) is 0 Å². The van der Waals surface area contributed by atoms with E-state index in [1.165, 1.54) is 51.4 Å². The number of rotatable bonds is 0. The molecule has 0 bridgehead atoms. The normalized spacial score (nSPS) is 41.5. The van der Waals surface area contributed by atoms with Gasteiger partial charge >= 0.3 is 0 Å². The third-order valence-electron chi connectivity index (χ3n) is 6.69. The maximum atomic E-state index is 6.77. The first-order valence-corrected chi connectivity index (χ1v) is 8.07.